The maximum atomic E-state index is 11.9. The van der Waals surface area contributed by atoms with Gasteiger partial charge in [0.25, 0.3) is 0 Å². The zero-order valence-corrected chi connectivity index (χ0v) is 22.6. The van der Waals surface area contributed by atoms with Crippen molar-refractivity contribution in [2.75, 3.05) is 60.0 Å². The molecule has 3 aromatic rings. The third-order valence-corrected chi connectivity index (χ3v) is 6.16. The normalized spacial score (nSPS) is 14.0. The second kappa shape index (κ2) is 12.8. The summed E-state index contributed by atoms with van der Waals surface area (Å²) >= 11 is 0. The molecule has 2 aromatic heterocycles. The number of hydrogen-bond donors (Lipinski definition) is 0. The van der Waals surface area contributed by atoms with Crippen LogP contribution in [0.5, 0.6) is 5.75 Å². The predicted octanol–water partition coefficient (Wildman–Crippen LogP) is 2.14. The number of piperazine rings is 1. The highest BCUT2D eigenvalue weighted by molar-refractivity contribution is 5.86. The van der Waals surface area contributed by atoms with E-state index in [1.807, 2.05) is 31.2 Å². The third-order valence-electron chi connectivity index (χ3n) is 6.16. The van der Waals surface area contributed by atoms with Crippen molar-refractivity contribution in [3.63, 3.8) is 0 Å². The average molecular weight is 535 g/mol. The number of carbonyl (C=O) groups excluding carboxylic acids is 1. The number of rotatable bonds is 7. The summed E-state index contributed by atoms with van der Waals surface area (Å²) in [6, 6.07) is 9.95. The molecule has 194 valence electrons. The van der Waals surface area contributed by atoms with Crippen LogP contribution in [0, 0.1) is 18.3 Å². The monoisotopic (exact) mass is 534 g/mol. The van der Waals surface area contributed by atoms with E-state index in [2.05, 4.69) is 31.2 Å². The van der Waals surface area contributed by atoms with Crippen molar-refractivity contribution >= 4 is 41.8 Å². The van der Waals surface area contributed by atoms with E-state index in [4.69, 9.17) is 4.74 Å². The van der Waals surface area contributed by atoms with E-state index in [0.29, 0.717) is 24.4 Å². The van der Waals surface area contributed by atoms with Crippen LogP contribution >= 0.6 is 24.8 Å². The first-order chi connectivity index (χ1) is 16.4. The lowest BCUT2D eigenvalue weighted by atomic mass is 10.1. The molecule has 0 bridgehead atoms. The SMILES string of the molecule is Cc1cc(-c2cc3c(nnn3C)c(C#N)n2)ccc1OCCN1CCN(CC(=O)N(C)C)CC1.Cl.Cl. The highest BCUT2D eigenvalue weighted by atomic mass is 35.5. The van der Waals surface area contributed by atoms with Gasteiger partial charge in [-0.3, -0.25) is 14.6 Å². The second-order valence-corrected chi connectivity index (χ2v) is 8.78. The van der Waals surface area contributed by atoms with Crippen LogP contribution in [0.3, 0.4) is 0 Å². The summed E-state index contributed by atoms with van der Waals surface area (Å²) in [7, 11) is 5.38. The van der Waals surface area contributed by atoms with Crippen LogP contribution in [0.25, 0.3) is 22.3 Å². The Labute approximate surface area is 223 Å². The summed E-state index contributed by atoms with van der Waals surface area (Å²) in [5.41, 5.74) is 4.17. The topological polar surface area (TPSA) is 103 Å². The zero-order chi connectivity index (χ0) is 24.2. The van der Waals surface area contributed by atoms with Crippen LogP contribution in [0.1, 0.15) is 11.3 Å². The van der Waals surface area contributed by atoms with Gasteiger partial charge in [-0.25, -0.2) is 9.67 Å². The highest BCUT2D eigenvalue weighted by Gasteiger charge is 2.19. The molecule has 1 aliphatic heterocycles. The van der Waals surface area contributed by atoms with Gasteiger partial charge in [-0.15, -0.1) is 29.9 Å². The Morgan fingerprint density at radius 3 is 2.47 bits per heavy atom. The van der Waals surface area contributed by atoms with Crippen LogP contribution in [0.4, 0.5) is 0 Å². The number of likely N-dealkylation sites (N-methyl/N-ethyl adjacent to an activating group) is 1. The Morgan fingerprint density at radius 2 is 1.83 bits per heavy atom. The molecule has 1 amide bonds. The average Bonchev–Trinajstić information content (AvgIpc) is 3.21. The number of nitriles is 1. The van der Waals surface area contributed by atoms with Gasteiger partial charge in [-0.1, -0.05) is 5.21 Å². The molecule has 3 heterocycles. The van der Waals surface area contributed by atoms with E-state index >= 15 is 0 Å². The van der Waals surface area contributed by atoms with Crippen molar-refractivity contribution in [2.24, 2.45) is 7.05 Å². The lowest BCUT2D eigenvalue weighted by molar-refractivity contribution is -0.130. The number of carbonyl (C=O) groups is 1. The minimum absolute atomic E-state index is 0. The lowest BCUT2D eigenvalue weighted by Crippen LogP contribution is -2.50. The van der Waals surface area contributed by atoms with Gasteiger partial charge in [0.05, 0.1) is 17.8 Å². The molecule has 10 nitrogen and oxygen atoms in total. The number of aryl methyl sites for hydroxylation is 2. The number of nitrogens with zero attached hydrogens (tertiary/aromatic N) is 8. The van der Waals surface area contributed by atoms with Crippen LogP contribution in [0.15, 0.2) is 24.3 Å². The van der Waals surface area contributed by atoms with Crippen LogP contribution in [-0.2, 0) is 11.8 Å². The Hall–Kier alpha value is -2.97. The first-order valence-electron chi connectivity index (χ1n) is 11.3. The molecule has 0 saturated carbocycles. The molecule has 1 fully saturated rings. The number of pyridine rings is 1. The first kappa shape index (κ1) is 29.3. The van der Waals surface area contributed by atoms with E-state index < -0.39 is 0 Å². The van der Waals surface area contributed by atoms with Crippen molar-refractivity contribution in [3.8, 4) is 23.1 Å². The van der Waals surface area contributed by atoms with Crippen molar-refractivity contribution in [1.29, 1.82) is 5.26 Å². The van der Waals surface area contributed by atoms with E-state index in [1.165, 1.54) is 0 Å². The molecule has 0 radical (unpaired) electrons. The van der Waals surface area contributed by atoms with E-state index in [0.717, 1.165) is 55.1 Å². The summed E-state index contributed by atoms with van der Waals surface area (Å²) in [6.07, 6.45) is 0. The molecule has 1 saturated heterocycles. The summed E-state index contributed by atoms with van der Waals surface area (Å²) in [4.78, 5) is 22.6. The molecule has 0 N–H and O–H groups in total. The van der Waals surface area contributed by atoms with Gasteiger partial charge in [0.15, 0.2) is 5.69 Å². The fourth-order valence-corrected chi connectivity index (χ4v) is 4.02. The molecule has 36 heavy (non-hydrogen) atoms. The Kier molecular flexibility index (Phi) is 10.4. The van der Waals surface area contributed by atoms with Crippen molar-refractivity contribution in [3.05, 3.63) is 35.5 Å². The first-order valence-corrected chi connectivity index (χ1v) is 11.3. The summed E-state index contributed by atoms with van der Waals surface area (Å²) in [6.45, 7) is 7.57. The minimum Gasteiger partial charge on any atom is -0.492 e. The van der Waals surface area contributed by atoms with Crippen LogP contribution < -0.4 is 4.74 Å². The van der Waals surface area contributed by atoms with Gasteiger partial charge in [0.2, 0.25) is 5.91 Å². The Bertz CT molecular complexity index is 1230. The molecule has 0 unspecified atom stereocenters. The third kappa shape index (κ3) is 6.62. The fraction of sp³-hybridized carbons (Fsp3) is 0.458. The number of fused-ring (bicyclic) bond motifs is 1. The van der Waals surface area contributed by atoms with Crippen LogP contribution in [0.2, 0.25) is 0 Å². The summed E-state index contributed by atoms with van der Waals surface area (Å²) < 4.78 is 7.71. The number of benzene rings is 1. The van der Waals surface area contributed by atoms with E-state index in [-0.39, 0.29) is 36.4 Å². The molecule has 1 aliphatic rings. The van der Waals surface area contributed by atoms with Gasteiger partial charge < -0.3 is 9.64 Å². The molecule has 0 atom stereocenters. The Balaban J connectivity index is 0.00000228. The Morgan fingerprint density at radius 1 is 1.14 bits per heavy atom. The highest BCUT2D eigenvalue weighted by Crippen LogP contribution is 2.27. The number of ether oxygens (including phenoxy) is 1. The standard InChI is InChI=1S/C24H30N8O2.2ClH/c1-17-13-18(19-14-21-24(20(15-25)26-19)27-28-30(21)4)5-6-22(17)34-12-11-31-7-9-32(10-8-31)16-23(33)29(2)3;;/h5-6,13-14H,7-12,16H2,1-4H3;2*1H. The van der Waals surface area contributed by atoms with Gasteiger partial charge in [-0.05, 0) is 36.8 Å². The molecule has 12 heteroatoms. The van der Waals surface area contributed by atoms with E-state index in [9.17, 15) is 10.1 Å². The molecule has 0 aliphatic carbocycles. The van der Waals surface area contributed by atoms with Gasteiger partial charge >= 0.3 is 0 Å². The number of hydrogen-bond acceptors (Lipinski definition) is 8. The quantitative estimate of drug-likeness (QED) is 0.454. The fourth-order valence-electron chi connectivity index (χ4n) is 4.02. The number of aromatic nitrogens is 4. The maximum absolute atomic E-state index is 11.9. The molecule has 1 aromatic carbocycles. The molecular weight excluding hydrogens is 503 g/mol. The van der Waals surface area contributed by atoms with Gasteiger partial charge in [0, 0.05) is 59.4 Å². The molecule has 0 spiro atoms. The lowest BCUT2D eigenvalue weighted by Gasteiger charge is -2.34. The summed E-state index contributed by atoms with van der Waals surface area (Å²) in [5.74, 6) is 0.981. The number of halogens is 2. The van der Waals surface area contributed by atoms with Crippen LogP contribution in [-0.4, -0.2) is 101 Å². The molecular formula is C24H32Cl2N8O2. The van der Waals surface area contributed by atoms with Gasteiger partial charge in [-0.2, -0.15) is 5.26 Å². The van der Waals surface area contributed by atoms with Crippen molar-refractivity contribution in [2.45, 2.75) is 6.92 Å². The zero-order valence-electron chi connectivity index (χ0n) is 21.0. The van der Waals surface area contributed by atoms with E-state index in [1.54, 1.807) is 30.7 Å². The second-order valence-electron chi connectivity index (χ2n) is 8.78. The largest absolute Gasteiger partial charge is 0.492 e. The van der Waals surface area contributed by atoms with Crippen molar-refractivity contribution in [1.82, 2.24) is 34.7 Å². The number of amides is 1. The summed E-state index contributed by atoms with van der Waals surface area (Å²) in [5, 5.41) is 17.5. The smallest absolute Gasteiger partial charge is 0.236 e. The van der Waals surface area contributed by atoms with Gasteiger partial charge in [0.1, 0.15) is 23.9 Å². The molecule has 4 rings (SSSR count). The predicted molar refractivity (Wildman–Crippen MR) is 143 cm³/mol. The van der Waals surface area contributed by atoms with Crippen molar-refractivity contribution < 1.29 is 9.53 Å². The minimum atomic E-state index is 0. The maximum Gasteiger partial charge on any atom is 0.236 e.